The Hall–Kier alpha value is -6.46. The van der Waals surface area contributed by atoms with Crippen LogP contribution >= 0.6 is 12.4 Å². The number of aromatic amines is 2. The van der Waals surface area contributed by atoms with E-state index in [1.165, 1.54) is 0 Å². The molecule has 8 heterocycles. The van der Waals surface area contributed by atoms with Crippen molar-refractivity contribution in [3.05, 3.63) is 88.4 Å². The third kappa shape index (κ3) is 9.63. The molecule has 2 atom stereocenters. The number of rotatable bonds is 4. The lowest BCUT2D eigenvalue weighted by Crippen LogP contribution is -2.42. The molecule has 9 N–H and O–H groups in total. The second kappa shape index (κ2) is 18.9. The normalized spacial score (nSPS) is 17.9. The summed E-state index contributed by atoms with van der Waals surface area (Å²) in [6.07, 6.45) is 4.26. The summed E-state index contributed by atoms with van der Waals surface area (Å²) in [5.41, 5.74) is 15.7. The Labute approximate surface area is 357 Å². The number of nitrogens with two attached hydrogens (primary N) is 1. The first-order valence-corrected chi connectivity index (χ1v) is 19.8. The molecule has 2 saturated heterocycles. The fourth-order valence-corrected chi connectivity index (χ4v) is 7.56. The summed E-state index contributed by atoms with van der Waals surface area (Å²) in [4.78, 5) is 70.4. The number of carbonyl (C=O) groups is 4. The molecule has 4 aliphatic rings. The van der Waals surface area contributed by atoms with Crippen LogP contribution in [0.15, 0.2) is 48.5 Å². The number of anilines is 1. The van der Waals surface area contributed by atoms with Crippen LogP contribution in [0.4, 0.5) is 10.2 Å². The van der Waals surface area contributed by atoms with E-state index in [0.717, 1.165) is 82.1 Å². The maximum absolute atomic E-state index is 13.8. The van der Waals surface area contributed by atoms with Gasteiger partial charge >= 0.3 is 0 Å². The van der Waals surface area contributed by atoms with Crippen molar-refractivity contribution in [2.45, 2.75) is 71.9 Å². The number of nitrogens with zero attached hydrogens (tertiary/aromatic N) is 4. The van der Waals surface area contributed by atoms with Gasteiger partial charge in [-0.05, 0) is 51.0 Å². The molecule has 320 valence electrons. The number of para-hydroxylation sites is 2. The first-order valence-electron chi connectivity index (χ1n) is 19.8. The van der Waals surface area contributed by atoms with Crippen LogP contribution in [0, 0.1) is 19.8 Å². The van der Waals surface area contributed by atoms with Crippen LogP contribution < -0.4 is 32.3 Å². The van der Waals surface area contributed by atoms with Gasteiger partial charge in [0.25, 0.3) is 11.8 Å². The molecule has 18 heteroatoms. The van der Waals surface area contributed by atoms with Gasteiger partial charge in [-0.3, -0.25) is 19.2 Å². The van der Waals surface area contributed by atoms with E-state index in [-0.39, 0.29) is 61.2 Å². The zero-order valence-electron chi connectivity index (χ0n) is 33.1. The first kappa shape index (κ1) is 44.1. The van der Waals surface area contributed by atoms with Gasteiger partial charge in [0.2, 0.25) is 17.8 Å². The number of aryl methyl sites for hydroxylation is 2. The van der Waals surface area contributed by atoms with E-state index in [2.05, 4.69) is 46.5 Å². The summed E-state index contributed by atoms with van der Waals surface area (Å²) in [6, 6.07) is 15.4. The number of piperidine rings is 2. The SMILES string of the molecule is C.Cc1nc2cccc(-c3cc4c([nH]3)CCNC4=O)c2nc1F.Cc1nc2cccc(-c3cc4c([nH]3)CCNC4=O)c2nc1NC1CCC(=O)NC1.Cl.NC1CCC(=O)NC1. The maximum Gasteiger partial charge on any atom is 0.253 e. The van der Waals surface area contributed by atoms with E-state index in [1.54, 1.807) is 19.1 Å². The van der Waals surface area contributed by atoms with Crippen LogP contribution in [0.1, 0.15) is 76.6 Å². The molecule has 0 radical (unpaired) electrons. The molecular weight excluding hydrogens is 803 g/mol. The van der Waals surface area contributed by atoms with Crippen molar-refractivity contribution in [1.82, 2.24) is 51.2 Å². The van der Waals surface area contributed by atoms with Gasteiger partial charge < -0.3 is 42.3 Å². The lowest BCUT2D eigenvalue weighted by Gasteiger charge is -2.24. The van der Waals surface area contributed by atoms with Crippen LogP contribution in [0.2, 0.25) is 0 Å². The van der Waals surface area contributed by atoms with Crippen molar-refractivity contribution < 1.29 is 23.6 Å². The topological polar surface area (TPSA) is 238 Å². The summed E-state index contributed by atoms with van der Waals surface area (Å²) >= 11 is 0. The van der Waals surface area contributed by atoms with Crippen LogP contribution in [-0.4, -0.2) is 91.8 Å². The summed E-state index contributed by atoms with van der Waals surface area (Å²) in [5.74, 6) is 0.238. The number of benzene rings is 2. The van der Waals surface area contributed by atoms with Gasteiger partial charge in [0.1, 0.15) is 16.9 Å². The second-order valence-corrected chi connectivity index (χ2v) is 15.1. The van der Waals surface area contributed by atoms with E-state index in [9.17, 15) is 23.6 Å². The predicted octanol–water partition coefficient (Wildman–Crippen LogP) is 4.55. The molecule has 2 aromatic carbocycles. The van der Waals surface area contributed by atoms with Gasteiger partial charge in [-0.2, -0.15) is 4.39 Å². The standard InChI is InChI=1S/C21H22N6O2.C16H13FN4O.C5H10N2O.CH4.ClH/c1-11-20(25-12-5-6-18(28)23-10-12)27-19-13(3-2-4-16(19)24-11)17-9-14-15(26-17)7-8-22-21(14)29;1-8-15(17)21-14-9(3-2-4-12(14)19-8)13-7-10-11(20-13)5-6-18-16(10)22;6-4-1-2-5(8)7-3-4;;/h2-4,9,12,26H,5-8,10H2,1H3,(H,22,29)(H,23,28)(H,25,27);2-4,7,20H,5-6H2,1H3,(H,18,22);4H,1-3,6H2,(H,7,8);1H4;1H. The van der Waals surface area contributed by atoms with Crippen molar-refractivity contribution in [2.75, 3.05) is 31.5 Å². The highest BCUT2D eigenvalue weighted by Gasteiger charge is 2.24. The van der Waals surface area contributed by atoms with E-state index in [1.807, 2.05) is 43.3 Å². The zero-order chi connectivity index (χ0) is 41.2. The monoisotopic (exact) mass is 852 g/mol. The van der Waals surface area contributed by atoms with Gasteiger partial charge in [0.05, 0.1) is 33.5 Å². The smallest absolute Gasteiger partial charge is 0.253 e. The van der Waals surface area contributed by atoms with Gasteiger partial charge in [0, 0.05) is 97.8 Å². The number of fused-ring (bicyclic) bond motifs is 4. The fourth-order valence-electron chi connectivity index (χ4n) is 7.56. The lowest BCUT2D eigenvalue weighted by atomic mass is 10.1. The van der Waals surface area contributed by atoms with Gasteiger partial charge in [-0.1, -0.05) is 31.7 Å². The number of amides is 4. The second-order valence-electron chi connectivity index (χ2n) is 15.1. The molecule has 16 nitrogen and oxygen atoms in total. The number of carbonyl (C=O) groups excluding carboxylic acids is 4. The number of H-pyrrole nitrogens is 2. The summed E-state index contributed by atoms with van der Waals surface area (Å²) in [7, 11) is 0. The third-order valence-corrected chi connectivity index (χ3v) is 10.8. The zero-order valence-corrected chi connectivity index (χ0v) is 33.9. The Morgan fingerprint density at radius 1 is 0.656 bits per heavy atom. The molecule has 4 aromatic heterocycles. The number of nitrogens with one attached hydrogen (secondary N) is 7. The van der Waals surface area contributed by atoms with Crippen LogP contribution in [0.25, 0.3) is 44.6 Å². The molecular formula is C43H50ClFN12O4. The summed E-state index contributed by atoms with van der Waals surface area (Å²) < 4.78 is 13.8. The fraction of sp³-hybridized carbons (Fsp3) is 0.349. The van der Waals surface area contributed by atoms with E-state index < -0.39 is 5.95 Å². The highest BCUT2D eigenvalue weighted by Crippen LogP contribution is 2.31. The average molecular weight is 853 g/mol. The van der Waals surface area contributed by atoms with Crippen LogP contribution in [0.5, 0.6) is 0 Å². The van der Waals surface area contributed by atoms with Crippen LogP contribution in [0.3, 0.4) is 0 Å². The van der Waals surface area contributed by atoms with E-state index in [0.29, 0.717) is 61.2 Å². The molecule has 0 saturated carbocycles. The number of hydrogen-bond donors (Lipinski definition) is 8. The van der Waals surface area contributed by atoms with Gasteiger partial charge in [-0.15, -0.1) is 12.4 Å². The molecule has 0 bridgehead atoms. The number of aromatic nitrogens is 6. The molecule has 4 amide bonds. The third-order valence-electron chi connectivity index (χ3n) is 10.8. The summed E-state index contributed by atoms with van der Waals surface area (Å²) in [6.45, 7) is 6.02. The highest BCUT2D eigenvalue weighted by molar-refractivity contribution is 6.00. The predicted molar refractivity (Wildman–Crippen MR) is 234 cm³/mol. The molecule has 6 aromatic rings. The molecule has 0 spiro atoms. The molecule has 2 fully saturated rings. The molecule has 61 heavy (non-hydrogen) atoms. The Bertz CT molecular complexity index is 2610. The summed E-state index contributed by atoms with van der Waals surface area (Å²) in [5, 5.41) is 14.7. The minimum Gasteiger partial charge on any atom is -0.364 e. The molecule has 0 aliphatic carbocycles. The van der Waals surface area contributed by atoms with Crippen LogP contribution in [-0.2, 0) is 22.4 Å². The molecule has 4 aliphatic heterocycles. The quantitative estimate of drug-likeness (QED) is 0.123. The maximum atomic E-state index is 13.8. The molecule has 10 rings (SSSR count). The van der Waals surface area contributed by atoms with E-state index in [4.69, 9.17) is 15.7 Å². The highest BCUT2D eigenvalue weighted by atomic mass is 35.5. The van der Waals surface area contributed by atoms with Crippen molar-refractivity contribution >= 4 is 63.9 Å². The average Bonchev–Trinajstić information content (AvgIpc) is 3.88. The minimum absolute atomic E-state index is 0. The lowest BCUT2D eigenvalue weighted by molar-refractivity contribution is -0.123. The Morgan fingerprint density at radius 2 is 1.18 bits per heavy atom. The largest absolute Gasteiger partial charge is 0.364 e. The van der Waals surface area contributed by atoms with E-state index >= 15 is 0 Å². The Kier molecular flexibility index (Phi) is 13.6. The number of hydrogen-bond acceptors (Lipinski definition) is 10. The van der Waals surface area contributed by atoms with Crippen molar-refractivity contribution in [3.63, 3.8) is 0 Å². The van der Waals surface area contributed by atoms with Crippen molar-refractivity contribution in [3.8, 4) is 22.5 Å². The van der Waals surface area contributed by atoms with Crippen molar-refractivity contribution in [1.29, 1.82) is 0 Å². The van der Waals surface area contributed by atoms with Gasteiger partial charge in [-0.25, -0.2) is 19.9 Å². The van der Waals surface area contributed by atoms with Gasteiger partial charge in [0.15, 0.2) is 0 Å². The number of halogens is 2. The first-order chi connectivity index (χ1) is 28.5. The minimum atomic E-state index is -0.575. The Morgan fingerprint density at radius 3 is 1.67 bits per heavy atom. The Balaban J connectivity index is 0.000000172. The van der Waals surface area contributed by atoms with Crippen molar-refractivity contribution in [2.24, 2.45) is 5.73 Å². The molecule has 2 unspecified atom stereocenters.